The molecule has 3 rings (SSSR count). The van der Waals surface area contributed by atoms with Gasteiger partial charge in [-0.05, 0) is 92.1 Å². The van der Waals surface area contributed by atoms with E-state index in [2.05, 4.69) is 127 Å². The number of rotatable bonds is 3. The Balaban J connectivity index is 2.05. The van der Waals surface area contributed by atoms with E-state index in [9.17, 15) is 0 Å². The van der Waals surface area contributed by atoms with Crippen LogP contribution in [0.5, 0.6) is 0 Å². The predicted molar refractivity (Wildman–Crippen MR) is 128 cm³/mol. The standard InChI is InChI=1S/C28H35N/c1-20-11-9-10-12-25(20)26-18-17-24(19-21(26)2)29(28(6,7)8)23-15-13-22(14-16-23)27(3,4)5/h9-19H,1-8H3. The molecule has 0 fully saturated rings. The summed E-state index contributed by atoms with van der Waals surface area (Å²) in [4.78, 5) is 2.44. The summed E-state index contributed by atoms with van der Waals surface area (Å²) in [5.41, 5.74) is 9.20. The molecule has 1 heteroatoms. The molecule has 1 nitrogen and oxygen atoms in total. The lowest BCUT2D eigenvalue weighted by molar-refractivity contribution is 0.559. The van der Waals surface area contributed by atoms with Gasteiger partial charge in [0, 0.05) is 16.9 Å². The van der Waals surface area contributed by atoms with Crippen molar-refractivity contribution in [2.24, 2.45) is 0 Å². The zero-order valence-corrected chi connectivity index (χ0v) is 19.3. The Morgan fingerprint density at radius 3 is 1.66 bits per heavy atom. The molecule has 0 amide bonds. The largest absolute Gasteiger partial charge is 0.336 e. The Morgan fingerprint density at radius 1 is 0.586 bits per heavy atom. The molecule has 0 aromatic heterocycles. The van der Waals surface area contributed by atoms with E-state index < -0.39 is 0 Å². The summed E-state index contributed by atoms with van der Waals surface area (Å²) >= 11 is 0. The Morgan fingerprint density at radius 2 is 1.14 bits per heavy atom. The Labute approximate surface area is 177 Å². The lowest BCUT2D eigenvalue weighted by Crippen LogP contribution is -2.37. The first-order valence-corrected chi connectivity index (χ1v) is 10.6. The highest BCUT2D eigenvalue weighted by atomic mass is 15.2. The van der Waals surface area contributed by atoms with Gasteiger partial charge in [0.15, 0.2) is 0 Å². The summed E-state index contributed by atoms with van der Waals surface area (Å²) in [7, 11) is 0. The monoisotopic (exact) mass is 385 g/mol. The highest BCUT2D eigenvalue weighted by Gasteiger charge is 2.25. The Hall–Kier alpha value is -2.54. The maximum atomic E-state index is 2.44. The van der Waals surface area contributed by atoms with E-state index in [-0.39, 0.29) is 11.0 Å². The number of nitrogens with zero attached hydrogens (tertiary/aromatic N) is 1. The van der Waals surface area contributed by atoms with Crippen molar-refractivity contribution in [3.8, 4) is 11.1 Å². The number of hydrogen-bond donors (Lipinski definition) is 0. The van der Waals surface area contributed by atoms with E-state index in [4.69, 9.17) is 0 Å². The van der Waals surface area contributed by atoms with Crippen molar-refractivity contribution in [1.82, 2.24) is 0 Å². The first-order chi connectivity index (χ1) is 13.5. The van der Waals surface area contributed by atoms with Crippen molar-refractivity contribution in [2.45, 2.75) is 66.3 Å². The zero-order chi connectivity index (χ0) is 21.4. The second-order valence-corrected chi connectivity index (χ2v) is 10.1. The normalized spacial score (nSPS) is 12.1. The van der Waals surface area contributed by atoms with Crippen LogP contribution >= 0.6 is 0 Å². The molecule has 0 unspecified atom stereocenters. The maximum absolute atomic E-state index is 2.44. The SMILES string of the molecule is Cc1ccccc1-c1ccc(N(c2ccc(C(C)(C)C)cc2)C(C)(C)C)cc1C. The van der Waals surface area contributed by atoms with Gasteiger partial charge in [-0.15, -0.1) is 0 Å². The molecular weight excluding hydrogens is 350 g/mol. The smallest absolute Gasteiger partial charge is 0.0419 e. The van der Waals surface area contributed by atoms with Gasteiger partial charge in [0.1, 0.15) is 0 Å². The van der Waals surface area contributed by atoms with Gasteiger partial charge in [0.05, 0.1) is 0 Å². The third-order valence-electron chi connectivity index (χ3n) is 5.57. The van der Waals surface area contributed by atoms with E-state index in [1.807, 2.05) is 0 Å². The topological polar surface area (TPSA) is 3.24 Å². The fraction of sp³-hybridized carbons (Fsp3) is 0.357. The highest BCUT2D eigenvalue weighted by molar-refractivity contribution is 5.75. The molecule has 0 heterocycles. The van der Waals surface area contributed by atoms with Gasteiger partial charge >= 0.3 is 0 Å². The number of aryl methyl sites for hydroxylation is 2. The summed E-state index contributed by atoms with van der Waals surface area (Å²) < 4.78 is 0. The molecule has 0 bridgehead atoms. The molecule has 0 aliphatic heterocycles. The fourth-order valence-electron chi connectivity index (χ4n) is 4.00. The summed E-state index contributed by atoms with van der Waals surface area (Å²) in [5.74, 6) is 0. The second-order valence-electron chi connectivity index (χ2n) is 10.1. The minimum absolute atomic E-state index is 0.0279. The first-order valence-electron chi connectivity index (χ1n) is 10.6. The van der Waals surface area contributed by atoms with E-state index in [0.717, 1.165) is 0 Å². The highest BCUT2D eigenvalue weighted by Crippen LogP contribution is 2.37. The lowest BCUT2D eigenvalue weighted by Gasteiger charge is -2.38. The van der Waals surface area contributed by atoms with Crippen molar-refractivity contribution < 1.29 is 0 Å². The second kappa shape index (κ2) is 7.71. The van der Waals surface area contributed by atoms with Crippen molar-refractivity contribution in [2.75, 3.05) is 4.90 Å². The van der Waals surface area contributed by atoms with Crippen LogP contribution in [0.15, 0.2) is 66.7 Å². The van der Waals surface area contributed by atoms with Gasteiger partial charge in [0.25, 0.3) is 0 Å². The summed E-state index contributed by atoms with van der Waals surface area (Å²) in [6, 6.07) is 24.5. The minimum atomic E-state index is -0.0279. The van der Waals surface area contributed by atoms with Crippen molar-refractivity contribution in [3.05, 3.63) is 83.4 Å². The molecule has 0 N–H and O–H groups in total. The van der Waals surface area contributed by atoms with Crippen molar-refractivity contribution >= 4 is 11.4 Å². The van der Waals surface area contributed by atoms with E-state index in [1.54, 1.807) is 0 Å². The van der Waals surface area contributed by atoms with Gasteiger partial charge in [-0.2, -0.15) is 0 Å². The summed E-state index contributed by atoms with van der Waals surface area (Å²) in [6.07, 6.45) is 0. The molecule has 152 valence electrons. The average molecular weight is 386 g/mol. The van der Waals surface area contributed by atoms with Crippen LogP contribution < -0.4 is 4.90 Å². The van der Waals surface area contributed by atoms with Crippen molar-refractivity contribution in [3.63, 3.8) is 0 Å². The quantitative estimate of drug-likeness (QED) is 0.439. The van der Waals surface area contributed by atoms with Gasteiger partial charge in [-0.3, -0.25) is 0 Å². The van der Waals surface area contributed by atoms with Crippen LogP contribution in [-0.4, -0.2) is 5.54 Å². The summed E-state index contributed by atoms with van der Waals surface area (Å²) in [5, 5.41) is 0. The number of hydrogen-bond acceptors (Lipinski definition) is 1. The van der Waals surface area contributed by atoms with E-state index >= 15 is 0 Å². The maximum Gasteiger partial charge on any atom is 0.0419 e. The third-order valence-corrected chi connectivity index (χ3v) is 5.57. The molecular formula is C28H35N. The molecule has 0 atom stereocenters. The molecule has 0 saturated heterocycles. The van der Waals surface area contributed by atoms with Crippen LogP contribution in [0, 0.1) is 13.8 Å². The minimum Gasteiger partial charge on any atom is -0.336 e. The van der Waals surface area contributed by atoms with Crippen LogP contribution in [-0.2, 0) is 5.41 Å². The molecule has 0 spiro atoms. The zero-order valence-electron chi connectivity index (χ0n) is 19.3. The predicted octanol–water partition coefficient (Wildman–Crippen LogP) is 8.20. The average Bonchev–Trinajstić information content (AvgIpc) is 2.61. The van der Waals surface area contributed by atoms with Crippen LogP contribution in [0.3, 0.4) is 0 Å². The molecule has 0 aliphatic carbocycles. The summed E-state index contributed by atoms with van der Waals surface area (Å²) in [6.45, 7) is 18.0. The lowest BCUT2D eigenvalue weighted by atomic mass is 9.87. The van der Waals surface area contributed by atoms with E-state index in [1.165, 1.54) is 39.2 Å². The van der Waals surface area contributed by atoms with Gasteiger partial charge in [-0.1, -0.05) is 63.2 Å². The van der Waals surface area contributed by atoms with Crippen LogP contribution in [0.25, 0.3) is 11.1 Å². The van der Waals surface area contributed by atoms with Gasteiger partial charge in [0.2, 0.25) is 0 Å². The molecule has 3 aromatic rings. The van der Waals surface area contributed by atoms with Crippen LogP contribution in [0.4, 0.5) is 11.4 Å². The number of benzene rings is 3. The van der Waals surface area contributed by atoms with E-state index in [0.29, 0.717) is 0 Å². The van der Waals surface area contributed by atoms with Gasteiger partial charge < -0.3 is 4.90 Å². The fourth-order valence-corrected chi connectivity index (χ4v) is 4.00. The van der Waals surface area contributed by atoms with Crippen LogP contribution in [0.2, 0.25) is 0 Å². The molecule has 29 heavy (non-hydrogen) atoms. The molecule has 0 radical (unpaired) electrons. The Bertz CT molecular complexity index is 982. The van der Waals surface area contributed by atoms with Crippen LogP contribution in [0.1, 0.15) is 58.2 Å². The van der Waals surface area contributed by atoms with Gasteiger partial charge in [-0.25, -0.2) is 0 Å². The molecule has 0 aliphatic rings. The van der Waals surface area contributed by atoms with Crippen molar-refractivity contribution in [1.29, 1.82) is 0 Å². The molecule has 0 saturated carbocycles. The number of anilines is 2. The first kappa shape index (κ1) is 21.2. The Kier molecular flexibility index (Phi) is 5.63. The molecule has 3 aromatic carbocycles. The third kappa shape index (κ3) is 4.56.